The first kappa shape index (κ1) is 12.3. The number of anilines is 1. The molecule has 1 aliphatic rings. The highest BCUT2D eigenvalue weighted by Crippen LogP contribution is 2.24. The van der Waals surface area contributed by atoms with Crippen LogP contribution in [0, 0.1) is 0 Å². The van der Waals surface area contributed by atoms with Gasteiger partial charge in [-0.3, -0.25) is 0 Å². The Hall–Kier alpha value is -1.16. The molecule has 2 unspecified atom stereocenters. The molecule has 0 saturated carbocycles. The average Bonchev–Trinajstić information content (AvgIpc) is 2.55. The smallest absolute Gasteiger partial charge is 0.132 e. The molecule has 0 aliphatic carbocycles. The average molecular weight is 234 g/mol. The zero-order valence-electron chi connectivity index (χ0n) is 10.5. The third-order valence-electron chi connectivity index (χ3n) is 3.38. The van der Waals surface area contributed by atoms with E-state index < -0.39 is 0 Å². The molecule has 1 aromatic heterocycles. The van der Waals surface area contributed by atoms with Crippen LogP contribution in [0.1, 0.15) is 39.0 Å². The van der Waals surface area contributed by atoms with E-state index in [4.69, 9.17) is 5.73 Å². The minimum atomic E-state index is 0.252. The number of rotatable bonds is 3. The second-order valence-corrected chi connectivity index (χ2v) is 4.98. The maximum Gasteiger partial charge on any atom is 0.132 e. The monoisotopic (exact) mass is 234 g/mol. The van der Waals surface area contributed by atoms with Gasteiger partial charge in [0, 0.05) is 24.8 Å². The van der Waals surface area contributed by atoms with Crippen LogP contribution in [0.25, 0.3) is 0 Å². The van der Waals surface area contributed by atoms with Gasteiger partial charge >= 0.3 is 0 Å². The predicted molar refractivity (Wildman–Crippen MR) is 69.9 cm³/mol. The van der Waals surface area contributed by atoms with Crippen LogP contribution in [0.2, 0.25) is 0 Å². The normalized spacial score (nSPS) is 23.2. The molecule has 0 bridgehead atoms. The highest BCUT2D eigenvalue weighted by Gasteiger charge is 2.22. The van der Waals surface area contributed by atoms with Crippen molar-refractivity contribution in [3.63, 3.8) is 0 Å². The fourth-order valence-corrected chi connectivity index (χ4v) is 2.61. The Morgan fingerprint density at radius 1 is 1.47 bits per heavy atom. The fraction of sp³-hybridized carbons (Fsp3) is 0.692. The van der Waals surface area contributed by atoms with Gasteiger partial charge in [0.05, 0.1) is 0 Å². The van der Waals surface area contributed by atoms with E-state index >= 15 is 0 Å². The molecule has 1 fully saturated rings. The van der Waals surface area contributed by atoms with Gasteiger partial charge in [0.1, 0.15) is 12.1 Å². The van der Waals surface area contributed by atoms with Crippen molar-refractivity contribution in [3.8, 4) is 0 Å². The molecule has 0 aromatic carbocycles. The van der Waals surface area contributed by atoms with Crippen molar-refractivity contribution in [3.05, 3.63) is 18.6 Å². The third kappa shape index (κ3) is 3.40. The molecule has 2 N–H and O–H groups in total. The van der Waals surface area contributed by atoms with Crippen LogP contribution in [0.3, 0.4) is 0 Å². The summed E-state index contributed by atoms with van der Waals surface area (Å²) in [5, 5.41) is 0. The first-order valence-corrected chi connectivity index (χ1v) is 6.55. The second-order valence-electron chi connectivity index (χ2n) is 4.98. The first-order valence-electron chi connectivity index (χ1n) is 6.55. The van der Waals surface area contributed by atoms with Crippen LogP contribution in [-0.4, -0.2) is 28.6 Å². The largest absolute Gasteiger partial charge is 0.353 e. The lowest BCUT2D eigenvalue weighted by Gasteiger charge is -2.32. The van der Waals surface area contributed by atoms with E-state index in [1.807, 2.05) is 12.3 Å². The molecule has 2 rings (SSSR count). The van der Waals surface area contributed by atoms with Gasteiger partial charge in [-0.1, -0.05) is 12.8 Å². The molecule has 1 aliphatic heterocycles. The Labute approximate surface area is 103 Å². The fourth-order valence-electron chi connectivity index (χ4n) is 2.61. The molecule has 1 saturated heterocycles. The van der Waals surface area contributed by atoms with Crippen molar-refractivity contribution in [2.45, 2.75) is 51.1 Å². The molecule has 0 radical (unpaired) electrons. The Morgan fingerprint density at radius 2 is 2.35 bits per heavy atom. The maximum atomic E-state index is 5.96. The van der Waals surface area contributed by atoms with Crippen LogP contribution in [0.5, 0.6) is 0 Å². The minimum absolute atomic E-state index is 0.252. The molecular weight excluding hydrogens is 212 g/mol. The SMILES string of the molecule is CC(N)CC1CCCCCN1c1ccncn1. The van der Waals surface area contributed by atoms with Crippen LogP contribution >= 0.6 is 0 Å². The van der Waals surface area contributed by atoms with Gasteiger partial charge in [0.15, 0.2) is 0 Å². The Bertz CT molecular complexity index is 325. The molecule has 0 amide bonds. The molecule has 0 spiro atoms. The number of hydrogen-bond acceptors (Lipinski definition) is 4. The van der Waals surface area contributed by atoms with E-state index in [-0.39, 0.29) is 6.04 Å². The van der Waals surface area contributed by atoms with Crippen LogP contribution < -0.4 is 10.6 Å². The first-order chi connectivity index (χ1) is 8.27. The molecule has 4 heteroatoms. The summed E-state index contributed by atoms with van der Waals surface area (Å²) in [5.41, 5.74) is 5.96. The summed E-state index contributed by atoms with van der Waals surface area (Å²) in [4.78, 5) is 10.8. The summed E-state index contributed by atoms with van der Waals surface area (Å²) in [5.74, 6) is 1.05. The third-order valence-corrected chi connectivity index (χ3v) is 3.38. The van der Waals surface area contributed by atoms with Crippen LogP contribution in [0.4, 0.5) is 5.82 Å². The van der Waals surface area contributed by atoms with E-state index in [2.05, 4.69) is 21.8 Å². The van der Waals surface area contributed by atoms with Crippen molar-refractivity contribution in [1.29, 1.82) is 0 Å². The van der Waals surface area contributed by atoms with Gasteiger partial charge in [0.25, 0.3) is 0 Å². The molecule has 17 heavy (non-hydrogen) atoms. The number of nitrogens with zero attached hydrogens (tertiary/aromatic N) is 3. The summed E-state index contributed by atoms with van der Waals surface area (Å²) in [6.07, 6.45) is 9.59. The highest BCUT2D eigenvalue weighted by molar-refractivity contribution is 5.38. The van der Waals surface area contributed by atoms with E-state index in [0.717, 1.165) is 18.8 Å². The predicted octanol–water partition coefficient (Wildman–Crippen LogP) is 1.96. The van der Waals surface area contributed by atoms with Gasteiger partial charge in [-0.15, -0.1) is 0 Å². The van der Waals surface area contributed by atoms with Crippen molar-refractivity contribution in [2.24, 2.45) is 5.73 Å². The van der Waals surface area contributed by atoms with Gasteiger partial charge in [-0.2, -0.15) is 0 Å². The minimum Gasteiger partial charge on any atom is -0.353 e. The number of hydrogen-bond donors (Lipinski definition) is 1. The van der Waals surface area contributed by atoms with Crippen molar-refractivity contribution < 1.29 is 0 Å². The van der Waals surface area contributed by atoms with Gasteiger partial charge in [0.2, 0.25) is 0 Å². The number of nitrogens with two attached hydrogens (primary N) is 1. The molecule has 1 aromatic rings. The Morgan fingerprint density at radius 3 is 3.06 bits per heavy atom. The zero-order valence-corrected chi connectivity index (χ0v) is 10.5. The Kier molecular flexibility index (Phi) is 4.31. The lowest BCUT2D eigenvalue weighted by atomic mass is 10.0. The molecule has 4 nitrogen and oxygen atoms in total. The summed E-state index contributed by atoms with van der Waals surface area (Å²) >= 11 is 0. The quantitative estimate of drug-likeness (QED) is 0.868. The molecule has 94 valence electrons. The highest BCUT2D eigenvalue weighted by atomic mass is 15.2. The number of aromatic nitrogens is 2. The van der Waals surface area contributed by atoms with Crippen molar-refractivity contribution in [1.82, 2.24) is 9.97 Å². The van der Waals surface area contributed by atoms with Gasteiger partial charge in [-0.05, 0) is 32.3 Å². The van der Waals surface area contributed by atoms with Crippen LogP contribution in [0.15, 0.2) is 18.6 Å². The van der Waals surface area contributed by atoms with E-state index in [9.17, 15) is 0 Å². The second kappa shape index (κ2) is 5.96. The molecule has 2 atom stereocenters. The van der Waals surface area contributed by atoms with Crippen LogP contribution in [-0.2, 0) is 0 Å². The lowest BCUT2D eigenvalue weighted by molar-refractivity contribution is 0.489. The van der Waals surface area contributed by atoms with Gasteiger partial charge < -0.3 is 10.6 Å². The van der Waals surface area contributed by atoms with E-state index in [1.165, 1.54) is 25.7 Å². The zero-order chi connectivity index (χ0) is 12.1. The van der Waals surface area contributed by atoms with Gasteiger partial charge in [-0.25, -0.2) is 9.97 Å². The summed E-state index contributed by atoms with van der Waals surface area (Å²) in [6.45, 7) is 3.18. The lowest BCUT2D eigenvalue weighted by Crippen LogP contribution is -2.39. The van der Waals surface area contributed by atoms with E-state index in [1.54, 1.807) is 6.33 Å². The summed E-state index contributed by atoms with van der Waals surface area (Å²) in [6, 6.07) is 2.79. The standard InChI is InChI=1S/C13H22N4/c1-11(14)9-12-5-3-2-4-8-17(12)13-6-7-15-10-16-13/h6-7,10-12H,2-5,8-9,14H2,1H3. The summed E-state index contributed by atoms with van der Waals surface area (Å²) < 4.78 is 0. The molecule has 2 heterocycles. The Balaban J connectivity index is 2.14. The van der Waals surface area contributed by atoms with Crippen molar-refractivity contribution in [2.75, 3.05) is 11.4 Å². The maximum absolute atomic E-state index is 5.96. The summed E-state index contributed by atoms with van der Waals surface area (Å²) in [7, 11) is 0. The van der Waals surface area contributed by atoms with Crippen molar-refractivity contribution >= 4 is 5.82 Å². The van der Waals surface area contributed by atoms with E-state index in [0.29, 0.717) is 6.04 Å². The molecular formula is C13H22N4. The topological polar surface area (TPSA) is 55.0 Å².